The molecule has 2 nitrogen and oxygen atoms in total. The van der Waals surface area contributed by atoms with Crippen LogP contribution in [-0.2, 0) is 6.54 Å². The summed E-state index contributed by atoms with van der Waals surface area (Å²) in [6.07, 6.45) is 0. The average Bonchev–Trinajstić information content (AvgIpc) is 2.45. The van der Waals surface area contributed by atoms with Gasteiger partial charge in [-0.3, -0.25) is 4.79 Å². The molecule has 74 valence electrons. The highest BCUT2D eigenvalue weighted by Gasteiger charge is 2.30. The van der Waals surface area contributed by atoms with Crippen molar-refractivity contribution in [3.63, 3.8) is 0 Å². The number of hydrogen-bond donors (Lipinski definition) is 0. The van der Waals surface area contributed by atoms with Crippen LogP contribution in [0.4, 0.5) is 0 Å². The predicted molar refractivity (Wildman–Crippen MR) is 59.2 cm³/mol. The van der Waals surface area contributed by atoms with Gasteiger partial charge in [0.05, 0.1) is 5.56 Å². The van der Waals surface area contributed by atoms with E-state index in [0.29, 0.717) is 0 Å². The third kappa shape index (κ3) is 1.36. The molecular weight excluding hydrogens is 242 g/mol. The number of carbonyl (C=O) groups is 1. The van der Waals surface area contributed by atoms with Gasteiger partial charge >= 0.3 is 0 Å². The fraction of sp³-hybridized carbons (Fsp3) is 0.364. The van der Waals surface area contributed by atoms with Gasteiger partial charge in [0, 0.05) is 17.1 Å². The van der Waals surface area contributed by atoms with E-state index >= 15 is 0 Å². The molecule has 0 spiro atoms. The summed E-state index contributed by atoms with van der Waals surface area (Å²) in [6, 6.07) is 6.17. The van der Waals surface area contributed by atoms with E-state index in [0.717, 1.165) is 22.1 Å². The number of halogens is 1. The molecule has 2 rings (SSSR count). The normalized spacial score (nSPS) is 15.1. The lowest BCUT2D eigenvalue weighted by atomic mass is 10.1. The number of fused-ring (bicyclic) bond motifs is 1. The summed E-state index contributed by atoms with van der Waals surface area (Å²) in [4.78, 5) is 13.8. The maximum Gasteiger partial charge on any atom is 0.255 e. The molecule has 1 aromatic rings. The Morgan fingerprint density at radius 2 is 2.14 bits per heavy atom. The number of amides is 1. The Hall–Kier alpha value is -0.830. The highest BCUT2D eigenvalue weighted by atomic mass is 79.9. The molecule has 0 N–H and O–H groups in total. The van der Waals surface area contributed by atoms with Gasteiger partial charge in [0.15, 0.2) is 0 Å². The van der Waals surface area contributed by atoms with Gasteiger partial charge in [0.25, 0.3) is 5.91 Å². The van der Waals surface area contributed by atoms with E-state index in [1.165, 1.54) is 0 Å². The van der Waals surface area contributed by atoms with E-state index in [1.807, 2.05) is 36.9 Å². The zero-order valence-electron chi connectivity index (χ0n) is 8.25. The van der Waals surface area contributed by atoms with Gasteiger partial charge in [-0.15, -0.1) is 0 Å². The predicted octanol–water partition coefficient (Wildman–Crippen LogP) is 2.81. The smallest absolute Gasteiger partial charge is 0.255 e. The van der Waals surface area contributed by atoms with E-state index in [-0.39, 0.29) is 11.9 Å². The molecule has 1 aliphatic rings. The zero-order valence-corrected chi connectivity index (χ0v) is 9.84. The number of rotatable bonds is 1. The Labute approximate surface area is 92.0 Å². The SMILES string of the molecule is CC(C)N1Cc2cccc(Br)c2C1=O. The molecular formula is C11H12BrNO. The first kappa shape index (κ1) is 9.71. The Balaban J connectivity index is 2.46. The van der Waals surface area contributed by atoms with Gasteiger partial charge in [-0.05, 0) is 41.4 Å². The first-order valence-corrected chi connectivity index (χ1v) is 5.49. The topological polar surface area (TPSA) is 20.3 Å². The van der Waals surface area contributed by atoms with Crippen molar-refractivity contribution in [3.8, 4) is 0 Å². The van der Waals surface area contributed by atoms with Crippen LogP contribution in [0.5, 0.6) is 0 Å². The van der Waals surface area contributed by atoms with E-state index in [1.54, 1.807) is 0 Å². The second-order valence-electron chi connectivity index (χ2n) is 3.80. The van der Waals surface area contributed by atoms with Crippen LogP contribution >= 0.6 is 15.9 Å². The van der Waals surface area contributed by atoms with Gasteiger partial charge in [-0.25, -0.2) is 0 Å². The van der Waals surface area contributed by atoms with Crippen LogP contribution in [-0.4, -0.2) is 16.8 Å². The molecule has 0 saturated heterocycles. The maximum absolute atomic E-state index is 12.0. The average molecular weight is 254 g/mol. The monoisotopic (exact) mass is 253 g/mol. The molecule has 1 aromatic carbocycles. The summed E-state index contributed by atoms with van der Waals surface area (Å²) in [6.45, 7) is 4.82. The third-order valence-electron chi connectivity index (χ3n) is 2.54. The standard InChI is InChI=1S/C11H12BrNO/c1-7(2)13-6-8-4-3-5-9(12)10(8)11(13)14/h3-5,7H,6H2,1-2H3. The Morgan fingerprint density at radius 3 is 2.71 bits per heavy atom. The molecule has 1 amide bonds. The summed E-state index contributed by atoms with van der Waals surface area (Å²) in [5, 5.41) is 0. The zero-order chi connectivity index (χ0) is 10.3. The number of nitrogens with zero attached hydrogens (tertiary/aromatic N) is 1. The summed E-state index contributed by atoms with van der Waals surface area (Å²) in [5.74, 6) is 0.141. The third-order valence-corrected chi connectivity index (χ3v) is 3.20. The van der Waals surface area contributed by atoms with Gasteiger partial charge in [-0.1, -0.05) is 12.1 Å². The summed E-state index contributed by atoms with van der Waals surface area (Å²) in [7, 11) is 0. The first-order valence-electron chi connectivity index (χ1n) is 4.69. The van der Waals surface area contributed by atoms with Crippen LogP contribution in [0.1, 0.15) is 29.8 Å². The molecule has 0 fully saturated rings. The van der Waals surface area contributed by atoms with Crippen molar-refractivity contribution in [3.05, 3.63) is 33.8 Å². The van der Waals surface area contributed by atoms with Gasteiger partial charge in [0.2, 0.25) is 0 Å². The van der Waals surface area contributed by atoms with Crippen LogP contribution in [0.25, 0.3) is 0 Å². The van der Waals surface area contributed by atoms with Gasteiger partial charge in [-0.2, -0.15) is 0 Å². The highest BCUT2D eigenvalue weighted by molar-refractivity contribution is 9.10. The van der Waals surface area contributed by atoms with Crippen LogP contribution < -0.4 is 0 Å². The fourth-order valence-corrected chi connectivity index (χ4v) is 2.33. The Kier molecular flexibility index (Phi) is 2.35. The minimum atomic E-state index is 0.141. The van der Waals surface area contributed by atoms with Crippen molar-refractivity contribution >= 4 is 21.8 Å². The quantitative estimate of drug-likeness (QED) is 0.754. The maximum atomic E-state index is 12.0. The van der Waals surface area contributed by atoms with Crippen LogP contribution in [0.2, 0.25) is 0 Å². The Bertz CT molecular complexity index is 387. The van der Waals surface area contributed by atoms with E-state index in [9.17, 15) is 4.79 Å². The number of hydrogen-bond acceptors (Lipinski definition) is 1. The molecule has 0 aromatic heterocycles. The summed E-state index contributed by atoms with van der Waals surface area (Å²) < 4.78 is 0.906. The van der Waals surface area contributed by atoms with Crippen molar-refractivity contribution in [1.29, 1.82) is 0 Å². The molecule has 14 heavy (non-hydrogen) atoms. The van der Waals surface area contributed by atoms with Crippen molar-refractivity contribution in [2.24, 2.45) is 0 Å². The van der Waals surface area contributed by atoms with Crippen molar-refractivity contribution in [2.45, 2.75) is 26.4 Å². The van der Waals surface area contributed by atoms with Crippen molar-refractivity contribution in [2.75, 3.05) is 0 Å². The van der Waals surface area contributed by atoms with Crippen LogP contribution in [0, 0.1) is 0 Å². The molecule has 1 aliphatic heterocycles. The van der Waals surface area contributed by atoms with Crippen LogP contribution in [0.3, 0.4) is 0 Å². The largest absolute Gasteiger partial charge is 0.332 e. The molecule has 3 heteroatoms. The van der Waals surface area contributed by atoms with Crippen LogP contribution in [0.15, 0.2) is 22.7 Å². The second-order valence-corrected chi connectivity index (χ2v) is 4.66. The molecule has 1 heterocycles. The molecule has 0 atom stereocenters. The molecule has 0 aliphatic carbocycles. The van der Waals surface area contributed by atoms with Crippen molar-refractivity contribution < 1.29 is 4.79 Å². The van der Waals surface area contributed by atoms with E-state index < -0.39 is 0 Å². The molecule has 0 unspecified atom stereocenters. The van der Waals surface area contributed by atoms with Gasteiger partial charge < -0.3 is 4.90 Å². The highest BCUT2D eigenvalue weighted by Crippen LogP contribution is 2.30. The van der Waals surface area contributed by atoms with Gasteiger partial charge in [0.1, 0.15) is 0 Å². The number of benzene rings is 1. The van der Waals surface area contributed by atoms with Crippen molar-refractivity contribution in [1.82, 2.24) is 4.90 Å². The lowest BCUT2D eigenvalue weighted by Crippen LogP contribution is -2.30. The number of carbonyl (C=O) groups excluding carboxylic acids is 1. The second kappa shape index (κ2) is 3.39. The van der Waals surface area contributed by atoms with E-state index in [4.69, 9.17) is 0 Å². The molecule has 0 radical (unpaired) electrons. The minimum Gasteiger partial charge on any atom is -0.332 e. The minimum absolute atomic E-state index is 0.141. The summed E-state index contributed by atoms with van der Waals surface area (Å²) in [5.41, 5.74) is 1.96. The fourth-order valence-electron chi connectivity index (χ4n) is 1.76. The lowest BCUT2D eigenvalue weighted by molar-refractivity contribution is 0.0730. The Morgan fingerprint density at radius 1 is 1.43 bits per heavy atom. The summed E-state index contributed by atoms with van der Waals surface area (Å²) >= 11 is 3.42. The van der Waals surface area contributed by atoms with E-state index in [2.05, 4.69) is 15.9 Å². The first-order chi connectivity index (χ1) is 6.61. The lowest BCUT2D eigenvalue weighted by Gasteiger charge is -2.19. The molecule has 0 bridgehead atoms. The molecule has 0 saturated carbocycles.